The number of nitrogens with one attached hydrogen (secondary N) is 1. The Kier molecular flexibility index (Phi) is 4.87. The lowest BCUT2D eigenvalue weighted by molar-refractivity contribution is 0.242. The van der Waals surface area contributed by atoms with Crippen molar-refractivity contribution in [2.45, 2.75) is 31.5 Å². The summed E-state index contributed by atoms with van der Waals surface area (Å²) >= 11 is 1.21. The predicted octanol–water partition coefficient (Wildman–Crippen LogP) is 2.83. The second kappa shape index (κ2) is 6.46. The van der Waals surface area contributed by atoms with E-state index >= 15 is 0 Å². The molecule has 114 valence electrons. The van der Waals surface area contributed by atoms with Gasteiger partial charge >= 0.3 is 0 Å². The van der Waals surface area contributed by atoms with Gasteiger partial charge in [0.15, 0.2) is 0 Å². The standard InChI is InChI=1S/C14H17NO4S2/c1-10(2)19-12-5-3-11(4-6-12)15-21(17,18)14-7-13(8-16)20-9-14/h3-7,9-10,15-16H,8H2,1-2H3. The van der Waals surface area contributed by atoms with Gasteiger partial charge in [0.2, 0.25) is 0 Å². The van der Waals surface area contributed by atoms with Crippen LogP contribution >= 0.6 is 11.3 Å². The second-order valence-corrected chi connectivity index (χ2v) is 7.38. The average molecular weight is 327 g/mol. The summed E-state index contributed by atoms with van der Waals surface area (Å²) in [6.45, 7) is 3.68. The van der Waals surface area contributed by atoms with E-state index in [0.717, 1.165) is 0 Å². The first-order valence-corrected chi connectivity index (χ1v) is 8.75. The number of ether oxygens (including phenoxy) is 1. The largest absolute Gasteiger partial charge is 0.491 e. The van der Waals surface area contributed by atoms with Gasteiger partial charge in [-0.25, -0.2) is 8.42 Å². The summed E-state index contributed by atoms with van der Waals surface area (Å²) < 4.78 is 32.3. The Morgan fingerprint density at radius 1 is 1.29 bits per heavy atom. The van der Waals surface area contributed by atoms with Gasteiger partial charge in [-0.1, -0.05) is 0 Å². The fourth-order valence-electron chi connectivity index (χ4n) is 1.67. The van der Waals surface area contributed by atoms with Crippen LogP contribution < -0.4 is 9.46 Å². The third-order valence-corrected chi connectivity index (χ3v) is 5.01. The summed E-state index contributed by atoms with van der Waals surface area (Å²) in [7, 11) is -3.63. The molecule has 0 saturated heterocycles. The highest BCUT2D eigenvalue weighted by Crippen LogP contribution is 2.23. The van der Waals surface area contributed by atoms with Gasteiger partial charge in [-0.3, -0.25) is 4.72 Å². The van der Waals surface area contributed by atoms with Gasteiger partial charge in [0.1, 0.15) is 5.75 Å². The quantitative estimate of drug-likeness (QED) is 0.855. The van der Waals surface area contributed by atoms with Crippen molar-refractivity contribution in [3.05, 3.63) is 40.6 Å². The molecule has 5 nitrogen and oxygen atoms in total. The van der Waals surface area contributed by atoms with Crippen LogP contribution in [0.1, 0.15) is 18.7 Å². The summed E-state index contributed by atoms with van der Waals surface area (Å²) in [5, 5.41) is 10.5. The SMILES string of the molecule is CC(C)Oc1ccc(NS(=O)(=O)c2csc(CO)c2)cc1. The van der Waals surface area contributed by atoms with Crippen molar-refractivity contribution >= 4 is 27.0 Å². The lowest BCUT2D eigenvalue weighted by Crippen LogP contribution is -2.12. The van der Waals surface area contributed by atoms with Crippen molar-refractivity contribution in [1.29, 1.82) is 0 Å². The van der Waals surface area contributed by atoms with Crippen molar-refractivity contribution in [1.82, 2.24) is 0 Å². The lowest BCUT2D eigenvalue weighted by atomic mass is 10.3. The molecule has 0 fully saturated rings. The van der Waals surface area contributed by atoms with E-state index in [4.69, 9.17) is 9.84 Å². The number of aliphatic hydroxyl groups excluding tert-OH is 1. The van der Waals surface area contributed by atoms with E-state index in [1.54, 1.807) is 24.3 Å². The number of sulfonamides is 1. The first-order chi connectivity index (χ1) is 9.90. The van der Waals surface area contributed by atoms with E-state index < -0.39 is 10.0 Å². The molecular weight excluding hydrogens is 310 g/mol. The third-order valence-electron chi connectivity index (χ3n) is 2.57. The molecule has 0 spiro atoms. The third kappa shape index (κ3) is 4.20. The average Bonchev–Trinajstić information content (AvgIpc) is 2.90. The Hall–Kier alpha value is -1.57. The molecule has 0 aliphatic heterocycles. The van der Waals surface area contributed by atoms with Gasteiger partial charge < -0.3 is 9.84 Å². The molecule has 0 aliphatic carbocycles. The number of thiophene rings is 1. The van der Waals surface area contributed by atoms with E-state index in [0.29, 0.717) is 16.3 Å². The normalized spacial score (nSPS) is 11.6. The van der Waals surface area contributed by atoms with Crippen LogP contribution in [-0.2, 0) is 16.6 Å². The molecule has 1 aromatic carbocycles. The van der Waals surface area contributed by atoms with Gasteiger partial charge in [0, 0.05) is 15.9 Å². The van der Waals surface area contributed by atoms with Gasteiger partial charge in [0.25, 0.3) is 10.0 Å². The maximum absolute atomic E-state index is 12.2. The lowest BCUT2D eigenvalue weighted by Gasteiger charge is -2.11. The Morgan fingerprint density at radius 2 is 1.95 bits per heavy atom. The van der Waals surface area contributed by atoms with Crippen molar-refractivity contribution in [3.8, 4) is 5.75 Å². The van der Waals surface area contributed by atoms with Crippen LogP contribution in [0.5, 0.6) is 5.75 Å². The summed E-state index contributed by atoms with van der Waals surface area (Å²) in [4.78, 5) is 0.759. The minimum absolute atomic E-state index is 0.0650. The van der Waals surface area contributed by atoms with Crippen molar-refractivity contribution in [2.75, 3.05) is 4.72 Å². The highest BCUT2D eigenvalue weighted by atomic mass is 32.2. The topological polar surface area (TPSA) is 75.6 Å². The van der Waals surface area contributed by atoms with E-state index in [2.05, 4.69) is 4.72 Å². The van der Waals surface area contributed by atoms with Crippen LogP contribution in [0.2, 0.25) is 0 Å². The minimum Gasteiger partial charge on any atom is -0.491 e. The smallest absolute Gasteiger partial charge is 0.262 e. The Bertz CT molecular complexity index is 690. The van der Waals surface area contributed by atoms with E-state index in [1.165, 1.54) is 22.8 Å². The molecule has 2 rings (SSSR count). The summed E-state index contributed by atoms with van der Waals surface area (Å²) in [6, 6.07) is 8.18. The van der Waals surface area contributed by atoms with E-state index in [1.807, 2.05) is 13.8 Å². The predicted molar refractivity (Wildman–Crippen MR) is 83.3 cm³/mol. The highest BCUT2D eigenvalue weighted by molar-refractivity contribution is 7.92. The van der Waals surface area contributed by atoms with E-state index in [-0.39, 0.29) is 17.6 Å². The molecule has 0 unspecified atom stereocenters. The molecule has 2 aromatic rings. The highest BCUT2D eigenvalue weighted by Gasteiger charge is 2.16. The van der Waals surface area contributed by atoms with Gasteiger partial charge in [-0.05, 0) is 44.2 Å². The number of aliphatic hydroxyl groups is 1. The second-order valence-electron chi connectivity index (χ2n) is 4.70. The molecule has 0 amide bonds. The van der Waals surface area contributed by atoms with Gasteiger partial charge in [0.05, 0.1) is 17.6 Å². The molecule has 21 heavy (non-hydrogen) atoms. The summed E-state index contributed by atoms with van der Waals surface area (Å²) in [6.07, 6.45) is 0.0650. The van der Waals surface area contributed by atoms with Crippen LogP contribution in [0.15, 0.2) is 40.6 Å². The molecule has 0 aliphatic rings. The molecule has 2 N–H and O–H groups in total. The number of hydrogen-bond donors (Lipinski definition) is 2. The van der Waals surface area contributed by atoms with Crippen LogP contribution in [0.25, 0.3) is 0 Å². The Balaban J connectivity index is 2.13. The first-order valence-electron chi connectivity index (χ1n) is 6.38. The monoisotopic (exact) mass is 327 g/mol. The van der Waals surface area contributed by atoms with Crippen molar-refractivity contribution in [3.63, 3.8) is 0 Å². The molecule has 1 heterocycles. The molecule has 0 saturated carbocycles. The zero-order chi connectivity index (χ0) is 15.5. The van der Waals surface area contributed by atoms with Crippen LogP contribution in [0.4, 0.5) is 5.69 Å². The number of rotatable bonds is 6. The van der Waals surface area contributed by atoms with E-state index in [9.17, 15) is 8.42 Å². The van der Waals surface area contributed by atoms with Gasteiger partial charge in [-0.15, -0.1) is 11.3 Å². The minimum atomic E-state index is -3.63. The number of anilines is 1. The van der Waals surface area contributed by atoms with Crippen molar-refractivity contribution in [2.24, 2.45) is 0 Å². The summed E-state index contributed by atoms with van der Waals surface area (Å²) in [5.41, 5.74) is 0.461. The number of hydrogen-bond acceptors (Lipinski definition) is 5. The summed E-state index contributed by atoms with van der Waals surface area (Å²) in [5.74, 6) is 0.686. The maximum Gasteiger partial charge on any atom is 0.262 e. The fraction of sp³-hybridized carbons (Fsp3) is 0.286. The Labute approximate surface area is 128 Å². The molecule has 1 aromatic heterocycles. The maximum atomic E-state index is 12.2. The zero-order valence-corrected chi connectivity index (χ0v) is 13.4. The zero-order valence-electron chi connectivity index (χ0n) is 11.7. The van der Waals surface area contributed by atoms with Crippen LogP contribution in [0.3, 0.4) is 0 Å². The molecule has 0 bridgehead atoms. The van der Waals surface area contributed by atoms with Crippen LogP contribution in [0, 0.1) is 0 Å². The number of benzene rings is 1. The first kappa shape index (κ1) is 15.8. The molecule has 0 radical (unpaired) electrons. The Morgan fingerprint density at radius 3 is 2.48 bits per heavy atom. The fourth-order valence-corrected chi connectivity index (χ4v) is 3.86. The van der Waals surface area contributed by atoms with Crippen molar-refractivity contribution < 1.29 is 18.3 Å². The van der Waals surface area contributed by atoms with Crippen LogP contribution in [-0.4, -0.2) is 19.6 Å². The van der Waals surface area contributed by atoms with Gasteiger partial charge in [-0.2, -0.15) is 0 Å². The molecule has 7 heteroatoms. The molecule has 0 atom stereocenters. The molecular formula is C14H17NO4S2.